The lowest BCUT2D eigenvalue weighted by Crippen LogP contribution is -2.32. The summed E-state index contributed by atoms with van der Waals surface area (Å²) in [6, 6.07) is 9.26. The summed E-state index contributed by atoms with van der Waals surface area (Å²) >= 11 is 6.12. The highest BCUT2D eigenvalue weighted by molar-refractivity contribution is 6.30. The van der Waals surface area contributed by atoms with Crippen LogP contribution in [0.25, 0.3) is 0 Å². The zero-order chi connectivity index (χ0) is 15.0. The molecule has 0 amide bonds. The second kappa shape index (κ2) is 9.38. The summed E-state index contributed by atoms with van der Waals surface area (Å²) in [6.07, 6.45) is 3.46. The molecule has 1 rings (SSSR count). The van der Waals surface area contributed by atoms with E-state index in [1.807, 2.05) is 12.1 Å². The van der Waals surface area contributed by atoms with Gasteiger partial charge in [0.1, 0.15) is 0 Å². The predicted molar refractivity (Wildman–Crippen MR) is 89.5 cm³/mol. The molecule has 2 unspecified atom stereocenters. The second-order valence-corrected chi connectivity index (χ2v) is 6.02. The normalized spacial score (nSPS) is 14.5. The molecular weight excluding hydrogens is 268 g/mol. The maximum atomic E-state index is 6.12. The first-order valence-corrected chi connectivity index (χ1v) is 8.15. The Labute approximate surface area is 129 Å². The summed E-state index contributed by atoms with van der Waals surface area (Å²) in [5.41, 5.74) is 1.29. The second-order valence-electron chi connectivity index (χ2n) is 5.59. The van der Waals surface area contributed by atoms with E-state index < -0.39 is 0 Å². The molecule has 0 aliphatic heterocycles. The van der Waals surface area contributed by atoms with Gasteiger partial charge in [0.2, 0.25) is 0 Å². The number of hydrogen-bond acceptors (Lipinski definition) is 2. The molecule has 0 aliphatic carbocycles. The van der Waals surface area contributed by atoms with E-state index in [4.69, 9.17) is 11.6 Å². The van der Waals surface area contributed by atoms with Gasteiger partial charge in [-0.1, -0.05) is 37.6 Å². The van der Waals surface area contributed by atoms with Gasteiger partial charge < -0.3 is 10.2 Å². The molecule has 0 radical (unpaired) electrons. The van der Waals surface area contributed by atoms with Crippen LogP contribution in [0.5, 0.6) is 0 Å². The molecule has 0 saturated heterocycles. The minimum absolute atomic E-state index is 0.389. The highest BCUT2D eigenvalue weighted by Gasteiger charge is 2.14. The summed E-state index contributed by atoms with van der Waals surface area (Å²) in [5.74, 6) is 0. The van der Waals surface area contributed by atoms with E-state index in [1.54, 1.807) is 0 Å². The van der Waals surface area contributed by atoms with Crippen LogP contribution in [-0.2, 0) is 0 Å². The van der Waals surface area contributed by atoms with Crippen molar-refractivity contribution in [1.29, 1.82) is 0 Å². The summed E-state index contributed by atoms with van der Waals surface area (Å²) in [7, 11) is 2.21. The first-order valence-electron chi connectivity index (χ1n) is 7.77. The van der Waals surface area contributed by atoms with Gasteiger partial charge in [-0.3, -0.25) is 0 Å². The fourth-order valence-electron chi connectivity index (χ4n) is 2.29. The lowest BCUT2D eigenvalue weighted by Gasteiger charge is -2.27. The van der Waals surface area contributed by atoms with Crippen molar-refractivity contribution in [1.82, 2.24) is 10.2 Å². The standard InChI is InChI=1S/C17H29ClN2/c1-5-11-19-17(10-12-20(4)14(3)6-2)15-8-7-9-16(18)13-15/h7-9,13-14,17,19H,5-6,10-12H2,1-4H3. The van der Waals surface area contributed by atoms with Crippen molar-refractivity contribution in [2.75, 3.05) is 20.1 Å². The van der Waals surface area contributed by atoms with Crippen LogP contribution in [0.15, 0.2) is 24.3 Å². The van der Waals surface area contributed by atoms with Crippen LogP contribution < -0.4 is 5.32 Å². The highest BCUT2D eigenvalue weighted by atomic mass is 35.5. The Morgan fingerprint density at radius 2 is 2.05 bits per heavy atom. The largest absolute Gasteiger partial charge is 0.310 e. The minimum atomic E-state index is 0.389. The van der Waals surface area contributed by atoms with Crippen LogP contribution in [0.3, 0.4) is 0 Å². The Morgan fingerprint density at radius 3 is 2.65 bits per heavy atom. The van der Waals surface area contributed by atoms with Crippen LogP contribution >= 0.6 is 11.6 Å². The van der Waals surface area contributed by atoms with E-state index in [0.29, 0.717) is 12.1 Å². The third kappa shape index (κ3) is 5.82. The van der Waals surface area contributed by atoms with Gasteiger partial charge in [0.25, 0.3) is 0 Å². The molecule has 3 heteroatoms. The van der Waals surface area contributed by atoms with Gasteiger partial charge in [-0.25, -0.2) is 0 Å². The quantitative estimate of drug-likeness (QED) is 0.722. The zero-order valence-electron chi connectivity index (χ0n) is 13.3. The van der Waals surface area contributed by atoms with Gasteiger partial charge in [0, 0.05) is 17.1 Å². The minimum Gasteiger partial charge on any atom is -0.310 e. The molecule has 1 aromatic carbocycles. The Balaban J connectivity index is 2.65. The van der Waals surface area contributed by atoms with E-state index in [-0.39, 0.29) is 0 Å². The fraction of sp³-hybridized carbons (Fsp3) is 0.647. The van der Waals surface area contributed by atoms with Gasteiger partial charge in [-0.05, 0) is 64.0 Å². The van der Waals surface area contributed by atoms with Crippen molar-refractivity contribution in [2.24, 2.45) is 0 Å². The third-order valence-electron chi connectivity index (χ3n) is 4.01. The van der Waals surface area contributed by atoms with E-state index in [1.165, 1.54) is 12.0 Å². The van der Waals surface area contributed by atoms with Gasteiger partial charge in [-0.2, -0.15) is 0 Å². The molecule has 1 aromatic rings. The van der Waals surface area contributed by atoms with Crippen LogP contribution in [0, 0.1) is 0 Å². The molecule has 0 bridgehead atoms. The lowest BCUT2D eigenvalue weighted by molar-refractivity contribution is 0.237. The van der Waals surface area contributed by atoms with Gasteiger partial charge in [0.15, 0.2) is 0 Å². The zero-order valence-corrected chi connectivity index (χ0v) is 14.1. The fourth-order valence-corrected chi connectivity index (χ4v) is 2.49. The molecule has 0 spiro atoms. The number of hydrogen-bond donors (Lipinski definition) is 1. The average Bonchev–Trinajstić information content (AvgIpc) is 2.46. The van der Waals surface area contributed by atoms with E-state index in [2.05, 4.69) is 50.2 Å². The van der Waals surface area contributed by atoms with E-state index >= 15 is 0 Å². The molecule has 0 aliphatic rings. The average molecular weight is 297 g/mol. The van der Waals surface area contributed by atoms with Gasteiger partial charge in [0.05, 0.1) is 0 Å². The summed E-state index contributed by atoms with van der Waals surface area (Å²) in [6.45, 7) is 8.87. The predicted octanol–water partition coefficient (Wildman–Crippen LogP) is 4.50. The molecule has 0 fully saturated rings. The Hall–Kier alpha value is -0.570. The summed E-state index contributed by atoms with van der Waals surface area (Å²) < 4.78 is 0. The SMILES string of the molecule is CCCNC(CCN(C)C(C)CC)c1cccc(Cl)c1. The summed E-state index contributed by atoms with van der Waals surface area (Å²) in [5, 5.41) is 4.46. The van der Waals surface area contributed by atoms with Crippen molar-refractivity contribution < 1.29 is 0 Å². The molecule has 0 aromatic heterocycles. The Bertz CT molecular complexity index is 381. The topological polar surface area (TPSA) is 15.3 Å². The van der Waals surface area contributed by atoms with Crippen molar-refractivity contribution in [2.45, 2.75) is 52.1 Å². The summed E-state index contributed by atoms with van der Waals surface area (Å²) in [4.78, 5) is 2.44. The molecular formula is C17H29ClN2. The lowest BCUT2D eigenvalue weighted by atomic mass is 10.0. The number of halogens is 1. The van der Waals surface area contributed by atoms with Crippen molar-refractivity contribution in [3.8, 4) is 0 Å². The first kappa shape index (κ1) is 17.5. The highest BCUT2D eigenvalue weighted by Crippen LogP contribution is 2.21. The number of rotatable bonds is 9. The van der Waals surface area contributed by atoms with Crippen LogP contribution in [0.4, 0.5) is 0 Å². The van der Waals surface area contributed by atoms with Crippen molar-refractivity contribution >= 4 is 11.6 Å². The number of benzene rings is 1. The third-order valence-corrected chi connectivity index (χ3v) is 4.24. The van der Waals surface area contributed by atoms with Crippen molar-refractivity contribution in [3.05, 3.63) is 34.9 Å². The Kier molecular flexibility index (Phi) is 8.20. The maximum absolute atomic E-state index is 6.12. The van der Waals surface area contributed by atoms with Gasteiger partial charge >= 0.3 is 0 Å². The van der Waals surface area contributed by atoms with E-state index in [9.17, 15) is 0 Å². The first-order chi connectivity index (χ1) is 9.58. The molecule has 0 heterocycles. The number of nitrogens with zero attached hydrogens (tertiary/aromatic N) is 1. The van der Waals surface area contributed by atoms with Crippen LogP contribution in [0.2, 0.25) is 5.02 Å². The van der Waals surface area contributed by atoms with Crippen LogP contribution in [0.1, 0.15) is 51.6 Å². The smallest absolute Gasteiger partial charge is 0.0409 e. The monoisotopic (exact) mass is 296 g/mol. The molecule has 114 valence electrons. The molecule has 0 saturated carbocycles. The molecule has 2 nitrogen and oxygen atoms in total. The number of nitrogens with one attached hydrogen (secondary N) is 1. The van der Waals surface area contributed by atoms with E-state index in [0.717, 1.165) is 31.0 Å². The van der Waals surface area contributed by atoms with Crippen LogP contribution in [-0.4, -0.2) is 31.1 Å². The van der Waals surface area contributed by atoms with Gasteiger partial charge in [-0.15, -0.1) is 0 Å². The molecule has 2 atom stereocenters. The maximum Gasteiger partial charge on any atom is 0.0409 e. The molecule has 1 N–H and O–H groups in total. The molecule has 20 heavy (non-hydrogen) atoms. The Morgan fingerprint density at radius 1 is 1.30 bits per heavy atom. The van der Waals surface area contributed by atoms with Crippen molar-refractivity contribution in [3.63, 3.8) is 0 Å².